The van der Waals surface area contributed by atoms with Crippen LogP contribution in [0.5, 0.6) is 0 Å². The van der Waals surface area contributed by atoms with Gasteiger partial charge < -0.3 is 29.9 Å². The monoisotopic (exact) mass is 442 g/mol. The zero-order chi connectivity index (χ0) is 23.5. The van der Waals surface area contributed by atoms with Gasteiger partial charge in [-0.15, -0.1) is 0 Å². The van der Waals surface area contributed by atoms with Crippen LogP contribution >= 0.6 is 0 Å². The second kappa shape index (κ2) is 8.20. The minimum absolute atomic E-state index is 0.576. The van der Waals surface area contributed by atoms with Crippen LogP contribution < -0.4 is 0 Å². The summed E-state index contributed by atoms with van der Waals surface area (Å²) in [5.41, 5.74) is 6.41. The van der Waals surface area contributed by atoms with Crippen molar-refractivity contribution in [2.45, 2.75) is 83.8 Å². The van der Waals surface area contributed by atoms with Crippen LogP contribution in [0.1, 0.15) is 56.7 Å². The van der Waals surface area contributed by atoms with E-state index in [4.69, 9.17) is 9.47 Å². The number of fused-ring (bicyclic) bond motifs is 1. The predicted molar refractivity (Wildman–Crippen MR) is 121 cm³/mol. The molecule has 32 heavy (non-hydrogen) atoms. The van der Waals surface area contributed by atoms with E-state index in [0.717, 1.165) is 38.9 Å². The molecule has 2 aromatic rings. The summed E-state index contributed by atoms with van der Waals surface area (Å²) in [4.78, 5) is 0. The number of hydrogen-bond donors (Lipinski definition) is 4. The van der Waals surface area contributed by atoms with Gasteiger partial charge in [-0.1, -0.05) is 24.3 Å². The Morgan fingerprint density at radius 1 is 0.844 bits per heavy atom. The fourth-order valence-corrected chi connectivity index (χ4v) is 5.29. The number of benzene rings is 2. The van der Waals surface area contributed by atoms with E-state index in [-0.39, 0.29) is 0 Å². The maximum Gasteiger partial charge on any atom is 0.185 e. The van der Waals surface area contributed by atoms with Crippen LogP contribution in [0, 0.1) is 41.5 Å². The molecule has 2 aromatic carbocycles. The Kier molecular flexibility index (Phi) is 5.99. The Hall–Kier alpha value is -1.80. The van der Waals surface area contributed by atoms with Gasteiger partial charge in [0.25, 0.3) is 0 Å². The average Bonchev–Trinajstić information content (AvgIpc) is 2.74. The number of aliphatic hydroxyl groups is 4. The molecule has 2 aliphatic rings. The smallest absolute Gasteiger partial charge is 0.185 e. The molecule has 6 heteroatoms. The highest BCUT2D eigenvalue weighted by Gasteiger charge is 2.70. The van der Waals surface area contributed by atoms with Gasteiger partial charge in [0.05, 0.1) is 12.7 Å². The third-order valence-corrected chi connectivity index (χ3v) is 7.67. The Morgan fingerprint density at radius 2 is 1.31 bits per heavy atom. The number of aliphatic hydroxyl groups excluding tert-OH is 3. The Balaban J connectivity index is 1.74. The highest BCUT2D eigenvalue weighted by Crippen LogP contribution is 2.56. The van der Waals surface area contributed by atoms with Gasteiger partial charge in [0.15, 0.2) is 6.29 Å². The molecule has 174 valence electrons. The highest BCUT2D eigenvalue weighted by molar-refractivity contribution is 5.44. The van der Waals surface area contributed by atoms with Crippen molar-refractivity contribution in [1.29, 1.82) is 0 Å². The summed E-state index contributed by atoms with van der Waals surface area (Å²) in [5, 5.41) is 43.2. The van der Waals surface area contributed by atoms with Gasteiger partial charge in [-0.25, -0.2) is 0 Å². The fourth-order valence-electron chi connectivity index (χ4n) is 5.29. The first-order valence-corrected chi connectivity index (χ1v) is 11.2. The molecule has 0 aromatic heterocycles. The van der Waals surface area contributed by atoms with E-state index >= 15 is 0 Å². The van der Waals surface area contributed by atoms with Crippen molar-refractivity contribution in [2.75, 3.05) is 6.61 Å². The first-order chi connectivity index (χ1) is 15.0. The van der Waals surface area contributed by atoms with E-state index in [0.29, 0.717) is 0 Å². The van der Waals surface area contributed by atoms with E-state index in [2.05, 4.69) is 0 Å². The normalized spacial score (nSPS) is 32.9. The summed E-state index contributed by atoms with van der Waals surface area (Å²) in [6.45, 7) is 11.5. The van der Waals surface area contributed by atoms with Crippen LogP contribution in [0.4, 0.5) is 0 Å². The largest absolute Gasteiger partial charge is 0.394 e. The van der Waals surface area contributed by atoms with Crippen molar-refractivity contribution in [3.8, 4) is 0 Å². The summed E-state index contributed by atoms with van der Waals surface area (Å²) >= 11 is 0. The van der Waals surface area contributed by atoms with Crippen LogP contribution in [0.2, 0.25) is 0 Å². The van der Waals surface area contributed by atoms with Crippen molar-refractivity contribution in [3.63, 3.8) is 0 Å². The minimum Gasteiger partial charge on any atom is -0.394 e. The van der Waals surface area contributed by atoms with Crippen LogP contribution in [0.3, 0.4) is 0 Å². The molecule has 7 atom stereocenters. The molecule has 0 bridgehead atoms. The van der Waals surface area contributed by atoms with Gasteiger partial charge in [0.1, 0.15) is 23.9 Å². The molecule has 0 amide bonds. The van der Waals surface area contributed by atoms with E-state index in [1.807, 2.05) is 65.8 Å². The lowest BCUT2D eigenvalue weighted by molar-refractivity contribution is -0.403. The SMILES string of the molecule is Cc1cc(C2O[C@H]([C@H](O)CO)[C@@]3(O)C(c4cc(C)c(C)c(C)c4)C(O)[C@@H]3O2)cc(C)c1C. The summed E-state index contributed by atoms with van der Waals surface area (Å²) in [6.07, 6.45) is -5.27. The maximum absolute atomic E-state index is 11.8. The molecular formula is C26H34O6. The van der Waals surface area contributed by atoms with Gasteiger partial charge in [-0.05, 0) is 80.5 Å². The van der Waals surface area contributed by atoms with Crippen LogP contribution in [-0.4, -0.2) is 57.0 Å². The number of rotatable bonds is 4. The topological polar surface area (TPSA) is 99.4 Å². The first kappa shape index (κ1) is 23.4. The molecule has 6 nitrogen and oxygen atoms in total. The molecule has 3 unspecified atom stereocenters. The summed E-state index contributed by atoms with van der Waals surface area (Å²) < 4.78 is 12.2. The maximum atomic E-state index is 11.8. The Labute approximate surface area is 189 Å². The van der Waals surface area contributed by atoms with Crippen molar-refractivity contribution in [1.82, 2.24) is 0 Å². The number of hydrogen-bond acceptors (Lipinski definition) is 6. The van der Waals surface area contributed by atoms with Crippen molar-refractivity contribution < 1.29 is 29.9 Å². The van der Waals surface area contributed by atoms with Gasteiger partial charge in [0.2, 0.25) is 0 Å². The van der Waals surface area contributed by atoms with Crippen molar-refractivity contribution >= 4 is 0 Å². The second-order valence-corrected chi connectivity index (χ2v) is 9.61. The average molecular weight is 443 g/mol. The molecule has 2 fully saturated rings. The lowest BCUT2D eigenvalue weighted by Gasteiger charge is -2.62. The third-order valence-electron chi connectivity index (χ3n) is 7.67. The first-order valence-electron chi connectivity index (χ1n) is 11.2. The Morgan fingerprint density at radius 3 is 1.78 bits per heavy atom. The number of ether oxygens (including phenoxy) is 2. The van der Waals surface area contributed by atoms with Gasteiger partial charge in [0, 0.05) is 11.5 Å². The van der Waals surface area contributed by atoms with E-state index in [9.17, 15) is 20.4 Å². The molecule has 4 rings (SSSR count). The molecule has 1 heterocycles. The molecule has 1 saturated carbocycles. The molecule has 0 spiro atoms. The van der Waals surface area contributed by atoms with Crippen LogP contribution in [-0.2, 0) is 9.47 Å². The fraction of sp³-hybridized carbons (Fsp3) is 0.538. The van der Waals surface area contributed by atoms with Gasteiger partial charge in [-0.2, -0.15) is 0 Å². The molecule has 1 aliphatic carbocycles. The Bertz CT molecular complexity index is 987. The minimum atomic E-state index is -1.68. The number of aryl methyl sites for hydroxylation is 4. The van der Waals surface area contributed by atoms with E-state index in [1.165, 1.54) is 5.56 Å². The standard InChI is InChI=1S/C26H34O6/c1-12-7-18(8-13(2)16(12)5)21-22(29)24-26(21,30)23(20(28)11-27)31-25(32-24)19-9-14(3)17(6)15(4)10-19/h7-10,20-25,27-30H,11H2,1-6H3/t20-,21?,22?,23-,24+,25?,26+/m1/s1. The summed E-state index contributed by atoms with van der Waals surface area (Å²) in [5.74, 6) is -0.709. The molecule has 4 N–H and O–H groups in total. The molecule has 1 aliphatic heterocycles. The zero-order valence-electron chi connectivity index (χ0n) is 19.6. The predicted octanol–water partition coefficient (Wildman–Crippen LogP) is 2.56. The van der Waals surface area contributed by atoms with Gasteiger partial charge in [-0.3, -0.25) is 0 Å². The van der Waals surface area contributed by atoms with E-state index < -0.39 is 48.8 Å². The van der Waals surface area contributed by atoms with E-state index in [1.54, 1.807) is 0 Å². The van der Waals surface area contributed by atoms with Gasteiger partial charge >= 0.3 is 0 Å². The third kappa shape index (κ3) is 3.41. The van der Waals surface area contributed by atoms with Crippen LogP contribution in [0.25, 0.3) is 0 Å². The molecular weight excluding hydrogens is 408 g/mol. The molecule has 0 radical (unpaired) electrons. The lowest BCUT2D eigenvalue weighted by atomic mass is 9.57. The quantitative estimate of drug-likeness (QED) is 0.581. The second-order valence-electron chi connectivity index (χ2n) is 9.61. The van der Waals surface area contributed by atoms with Crippen molar-refractivity contribution in [3.05, 3.63) is 68.8 Å². The summed E-state index contributed by atoms with van der Waals surface area (Å²) in [6, 6.07) is 7.81. The molecule has 1 saturated heterocycles. The highest BCUT2D eigenvalue weighted by atomic mass is 16.7. The summed E-state index contributed by atoms with van der Waals surface area (Å²) in [7, 11) is 0. The van der Waals surface area contributed by atoms with Crippen LogP contribution in [0.15, 0.2) is 24.3 Å². The lowest BCUT2D eigenvalue weighted by Crippen LogP contribution is -2.78. The van der Waals surface area contributed by atoms with Crippen molar-refractivity contribution in [2.24, 2.45) is 0 Å². The zero-order valence-corrected chi connectivity index (χ0v) is 19.6.